The zero-order valence-electron chi connectivity index (χ0n) is 38.4. The number of halogens is 2. The van der Waals surface area contributed by atoms with Gasteiger partial charge in [0.2, 0.25) is 0 Å². The van der Waals surface area contributed by atoms with Crippen LogP contribution in [0.4, 0.5) is 20.2 Å². The second kappa shape index (κ2) is 20.0. The van der Waals surface area contributed by atoms with E-state index in [4.69, 9.17) is 25.7 Å². The predicted octanol–water partition coefficient (Wildman–Crippen LogP) is 12.2. The van der Waals surface area contributed by atoms with Gasteiger partial charge < -0.3 is 39.9 Å². The summed E-state index contributed by atoms with van der Waals surface area (Å²) in [5, 5.41) is 9.64. The zero-order chi connectivity index (χ0) is 48.1. The van der Waals surface area contributed by atoms with Crippen LogP contribution in [0.25, 0.3) is 33.9 Å². The van der Waals surface area contributed by atoms with E-state index in [1.54, 1.807) is 56.3 Å². The third kappa shape index (κ3) is 10.4. The number of carboxylic acid groups (broad SMARTS) is 1. The second-order valence-electron chi connectivity index (χ2n) is 16.4. The van der Waals surface area contributed by atoms with Gasteiger partial charge in [0.15, 0.2) is 0 Å². The molecule has 8 aromatic rings. The van der Waals surface area contributed by atoms with Crippen molar-refractivity contribution in [1.29, 1.82) is 0 Å². The molecule has 10 nitrogen and oxygen atoms in total. The number of rotatable bonds is 12. The molecule has 2 heterocycles. The van der Waals surface area contributed by atoms with Crippen LogP contribution in [0, 0.1) is 53.2 Å². The summed E-state index contributed by atoms with van der Waals surface area (Å²) in [4.78, 5) is 24.1. The molecule has 0 radical (unpaired) electrons. The van der Waals surface area contributed by atoms with Crippen molar-refractivity contribution in [3.05, 3.63) is 201 Å². The highest BCUT2D eigenvalue weighted by atomic mass is 19.1. The van der Waals surface area contributed by atoms with Gasteiger partial charge in [0.05, 0.1) is 29.6 Å². The molecule has 0 aliphatic carbocycles. The molecule has 0 unspecified atom stereocenters. The number of methoxy groups -OCH3 is 1. The van der Waals surface area contributed by atoms with Crippen molar-refractivity contribution in [2.24, 2.45) is 0 Å². The molecule has 0 spiro atoms. The summed E-state index contributed by atoms with van der Waals surface area (Å²) in [6.07, 6.45) is 0. The topological polar surface area (TPSA) is 144 Å². The number of benzene rings is 6. The van der Waals surface area contributed by atoms with Crippen molar-refractivity contribution in [3.8, 4) is 45.4 Å². The van der Waals surface area contributed by atoms with Crippen LogP contribution >= 0.6 is 0 Å². The molecule has 0 bridgehead atoms. The van der Waals surface area contributed by atoms with Crippen LogP contribution in [-0.4, -0.2) is 33.3 Å². The maximum absolute atomic E-state index is 13.3. The Morgan fingerprint density at radius 3 is 1.34 bits per heavy atom. The third-order valence-electron chi connectivity index (χ3n) is 11.6. The first-order chi connectivity index (χ1) is 32.0. The van der Waals surface area contributed by atoms with Gasteiger partial charge >= 0.3 is 11.9 Å². The number of aryl methyl sites for hydroxylation is 4. The van der Waals surface area contributed by atoms with E-state index in [2.05, 4.69) is 6.07 Å². The molecule has 67 heavy (non-hydrogen) atoms. The molecule has 0 saturated heterocycles. The Hall–Kier alpha value is -8.12. The van der Waals surface area contributed by atoms with Crippen molar-refractivity contribution in [1.82, 2.24) is 9.13 Å². The smallest absolute Gasteiger partial charge is 0.338 e. The Morgan fingerprint density at radius 2 is 0.940 bits per heavy atom. The van der Waals surface area contributed by atoms with Gasteiger partial charge in [-0.25, -0.2) is 18.4 Å². The van der Waals surface area contributed by atoms with Crippen molar-refractivity contribution < 1.29 is 37.7 Å². The Kier molecular flexibility index (Phi) is 14.0. The van der Waals surface area contributed by atoms with Crippen LogP contribution in [0.5, 0.6) is 11.5 Å². The number of carboxylic acids is 1. The van der Waals surface area contributed by atoms with Gasteiger partial charge in [-0.3, -0.25) is 0 Å². The molecule has 6 aromatic carbocycles. The lowest BCUT2D eigenvalue weighted by molar-refractivity contribution is 0.0599. The largest absolute Gasteiger partial charge is 0.488 e. The number of nitrogens with zero attached hydrogens (tertiary/aromatic N) is 2. The quantitative estimate of drug-likeness (QED) is 0.0812. The average Bonchev–Trinajstić information content (AvgIpc) is 3.89. The van der Waals surface area contributed by atoms with Crippen molar-refractivity contribution in [3.63, 3.8) is 0 Å². The molecule has 342 valence electrons. The number of nitrogen functional groups attached to an aromatic ring is 2. The molecule has 0 saturated carbocycles. The number of anilines is 2. The first-order valence-electron chi connectivity index (χ1n) is 21.5. The van der Waals surface area contributed by atoms with E-state index in [0.717, 1.165) is 61.8 Å². The zero-order valence-corrected chi connectivity index (χ0v) is 38.4. The second-order valence-corrected chi connectivity index (χ2v) is 16.4. The van der Waals surface area contributed by atoms with E-state index in [1.165, 1.54) is 31.4 Å². The van der Waals surface area contributed by atoms with Gasteiger partial charge in [0.1, 0.15) is 36.3 Å². The Labute approximate surface area is 388 Å². The highest BCUT2D eigenvalue weighted by Crippen LogP contribution is 2.38. The number of esters is 1. The molecule has 0 aliphatic rings. The van der Waals surface area contributed by atoms with Crippen molar-refractivity contribution in [2.45, 2.75) is 54.8 Å². The SMILES string of the molecule is COC(=O)c1cc(-n2c(C)ccc2-c2cc(C)ccc2OCc2ccc(F)cc2)cc(N)c1C.Cc1ccc(OCc2ccc(F)cc2)c(-c2ccc(C)n2-c2cc(N)c(C)c(C(=O)O)c2)c1. The van der Waals surface area contributed by atoms with Gasteiger partial charge in [-0.1, -0.05) is 47.5 Å². The number of carbonyl (C=O) groups is 2. The van der Waals surface area contributed by atoms with E-state index in [-0.39, 0.29) is 23.8 Å². The van der Waals surface area contributed by atoms with E-state index in [9.17, 15) is 23.5 Å². The van der Waals surface area contributed by atoms with E-state index < -0.39 is 11.9 Å². The number of hydrogen-bond donors (Lipinski definition) is 3. The lowest BCUT2D eigenvalue weighted by Crippen LogP contribution is -2.09. The Bertz CT molecular complexity index is 3120. The minimum absolute atomic E-state index is 0.168. The van der Waals surface area contributed by atoms with Gasteiger partial charge in [-0.05, 0) is 161 Å². The van der Waals surface area contributed by atoms with Gasteiger partial charge in [0, 0.05) is 45.3 Å². The molecule has 8 rings (SSSR count). The monoisotopic (exact) mass is 902 g/mol. The van der Waals surface area contributed by atoms with Crippen LogP contribution in [-0.2, 0) is 18.0 Å². The molecular weight excluding hydrogens is 851 g/mol. The summed E-state index contributed by atoms with van der Waals surface area (Å²) in [7, 11) is 1.36. The fraction of sp³-hybridized carbons (Fsp3) is 0.164. The molecule has 0 fully saturated rings. The summed E-state index contributed by atoms with van der Waals surface area (Å²) in [6, 6.07) is 39.4. The number of aromatic nitrogens is 2. The number of ether oxygens (including phenoxy) is 3. The van der Waals surface area contributed by atoms with Crippen LogP contribution in [0.15, 0.2) is 133 Å². The lowest BCUT2D eigenvalue weighted by atomic mass is 10.0. The number of hydrogen-bond acceptors (Lipinski definition) is 7. The normalized spacial score (nSPS) is 10.9. The summed E-state index contributed by atoms with van der Waals surface area (Å²) in [6.45, 7) is 12.1. The highest BCUT2D eigenvalue weighted by Gasteiger charge is 2.21. The predicted molar refractivity (Wildman–Crippen MR) is 259 cm³/mol. The molecular formula is C55H52F2N4O6. The van der Waals surface area contributed by atoms with E-state index >= 15 is 0 Å². The van der Waals surface area contributed by atoms with E-state index in [0.29, 0.717) is 51.9 Å². The maximum atomic E-state index is 13.3. The molecule has 5 N–H and O–H groups in total. The van der Waals surface area contributed by atoms with Crippen LogP contribution in [0.3, 0.4) is 0 Å². The fourth-order valence-electron chi connectivity index (χ4n) is 7.85. The molecule has 0 atom stereocenters. The minimum atomic E-state index is -1.02. The number of aromatic carboxylic acids is 1. The van der Waals surface area contributed by atoms with E-state index in [1.807, 2.05) is 97.5 Å². The summed E-state index contributed by atoms with van der Waals surface area (Å²) >= 11 is 0. The molecule has 2 aromatic heterocycles. The fourth-order valence-corrected chi connectivity index (χ4v) is 7.85. The number of nitrogens with two attached hydrogens (primary N) is 2. The first-order valence-corrected chi connectivity index (χ1v) is 21.5. The van der Waals surface area contributed by atoms with Crippen molar-refractivity contribution in [2.75, 3.05) is 18.6 Å². The summed E-state index contributed by atoms with van der Waals surface area (Å²) in [5.74, 6) is -0.661. The van der Waals surface area contributed by atoms with Crippen LogP contribution in [0.1, 0.15) is 65.5 Å². The van der Waals surface area contributed by atoms with Crippen LogP contribution in [0.2, 0.25) is 0 Å². The highest BCUT2D eigenvalue weighted by molar-refractivity contribution is 5.94. The minimum Gasteiger partial charge on any atom is -0.488 e. The summed E-state index contributed by atoms with van der Waals surface area (Å²) < 4.78 is 47.7. The molecule has 0 amide bonds. The summed E-state index contributed by atoms with van der Waals surface area (Å²) in [5.41, 5.74) is 25.8. The van der Waals surface area contributed by atoms with Gasteiger partial charge in [-0.2, -0.15) is 0 Å². The third-order valence-corrected chi connectivity index (χ3v) is 11.6. The van der Waals surface area contributed by atoms with Crippen molar-refractivity contribution >= 4 is 23.3 Å². The Balaban J connectivity index is 0.000000199. The maximum Gasteiger partial charge on any atom is 0.338 e. The molecule has 12 heteroatoms. The molecule has 0 aliphatic heterocycles. The lowest BCUT2D eigenvalue weighted by Gasteiger charge is -2.18. The van der Waals surface area contributed by atoms with Gasteiger partial charge in [0.25, 0.3) is 0 Å². The Morgan fingerprint density at radius 1 is 0.537 bits per heavy atom. The van der Waals surface area contributed by atoms with Gasteiger partial charge in [-0.15, -0.1) is 0 Å². The average molecular weight is 903 g/mol. The van der Waals surface area contributed by atoms with Crippen LogP contribution < -0.4 is 20.9 Å². The first kappa shape index (κ1) is 46.9. The standard InChI is InChI=1S/C28H27FN2O3.C27H25FN2O3/c1-17-5-12-27(34-16-20-7-9-21(29)10-8-20)24(13-17)26-11-6-18(2)31(26)22-14-23(28(32)33-4)19(3)25(30)15-22;1-16-4-11-26(33-15-19-6-8-20(28)9-7-19)23(12-16)25-10-5-17(2)30(25)21-13-22(27(31)32)18(3)24(29)14-21/h5-15H,16,30H2,1-4H3;4-14H,15,29H2,1-3H3,(H,31,32). The number of carbonyl (C=O) groups excluding carboxylic acids is 1.